The number of nitrogens with zero attached hydrogens (tertiary/aromatic N) is 3. The third-order valence-electron chi connectivity index (χ3n) is 5.11. The van der Waals surface area contributed by atoms with Crippen molar-refractivity contribution >= 4 is 41.1 Å². The third-order valence-corrected chi connectivity index (χ3v) is 5.85. The summed E-state index contributed by atoms with van der Waals surface area (Å²) < 4.78 is 7.17. The van der Waals surface area contributed by atoms with Gasteiger partial charge in [-0.25, -0.2) is 9.59 Å². The number of hydrogen-bond acceptors (Lipinski definition) is 5. The molecule has 1 fully saturated rings. The molecule has 0 saturated carbocycles. The number of hydrogen-bond donors (Lipinski definition) is 3. The van der Waals surface area contributed by atoms with E-state index in [1.54, 1.807) is 40.0 Å². The number of urea groups is 1. The minimum Gasteiger partial charge on any atom is -0.444 e. The number of ether oxygens (including phenoxy) is 1. The number of rotatable bonds is 6. The predicted molar refractivity (Wildman–Crippen MR) is 127 cm³/mol. The van der Waals surface area contributed by atoms with Crippen LogP contribution in [0.25, 0.3) is 0 Å². The largest absolute Gasteiger partial charge is 0.444 e. The third kappa shape index (κ3) is 6.99. The summed E-state index contributed by atoms with van der Waals surface area (Å²) >= 11 is 12.0. The number of benzene rings is 1. The number of likely N-dealkylation sites (tertiary alicyclic amines) is 1. The normalized spacial score (nSPS) is 17.0. The van der Waals surface area contributed by atoms with Gasteiger partial charge in [0, 0.05) is 32.0 Å². The molecule has 3 N–H and O–H groups in total. The van der Waals surface area contributed by atoms with Crippen LogP contribution in [0.2, 0.25) is 10.0 Å². The van der Waals surface area contributed by atoms with Crippen molar-refractivity contribution in [1.29, 1.82) is 0 Å². The Kier molecular flexibility index (Phi) is 8.10. The highest BCUT2D eigenvalue weighted by Gasteiger charge is 2.31. The van der Waals surface area contributed by atoms with Gasteiger partial charge in [-0.05, 0) is 51.3 Å². The standard InChI is InChI=1S/C22H29Cl2N5O4/c1-22(2,3)33-21(32)28-9-6-15(13-28)29-10-7-19(27-29)26-20(31)25-18(8-11-30)14-4-5-16(23)17(24)12-14/h4-5,7,10,12,15,18,30H,6,8-9,11,13H2,1-3H3,(H2,25,26,27,31). The number of aromatic nitrogens is 2. The lowest BCUT2D eigenvalue weighted by molar-refractivity contribution is 0.0288. The first-order valence-corrected chi connectivity index (χ1v) is 11.5. The summed E-state index contributed by atoms with van der Waals surface area (Å²) in [7, 11) is 0. The molecule has 0 bridgehead atoms. The van der Waals surface area contributed by atoms with Gasteiger partial charge in [0.1, 0.15) is 5.60 Å². The monoisotopic (exact) mass is 497 g/mol. The second-order valence-corrected chi connectivity index (χ2v) is 9.70. The van der Waals surface area contributed by atoms with Gasteiger partial charge in [-0.3, -0.25) is 10.00 Å². The molecular weight excluding hydrogens is 469 g/mol. The molecule has 1 saturated heterocycles. The average molecular weight is 498 g/mol. The summed E-state index contributed by atoms with van der Waals surface area (Å²) in [5, 5.41) is 20.1. The molecule has 1 aromatic carbocycles. The summed E-state index contributed by atoms with van der Waals surface area (Å²) in [6.07, 6.45) is 2.47. The smallest absolute Gasteiger partial charge is 0.410 e. The summed E-state index contributed by atoms with van der Waals surface area (Å²) in [6.45, 7) is 6.45. The minimum absolute atomic E-state index is 0.00511. The maximum Gasteiger partial charge on any atom is 0.410 e. The van der Waals surface area contributed by atoms with Crippen LogP contribution < -0.4 is 10.6 Å². The van der Waals surface area contributed by atoms with Crippen molar-refractivity contribution < 1.29 is 19.4 Å². The first-order chi connectivity index (χ1) is 15.6. The van der Waals surface area contributed by atoms with Crippen LogP contribution in [0.3, 0.4) is 0 Å². The molecule has 1 aromatic heterocycles. The molecule has 0 aliphatic carbocycles. The van der Waals surface area contributed by atoms with E-state index in [9.17, 15) is 14.7 Å². The zero-order valence-corrected chi connectivity index (χ0v) is 20.4. The zero-order valence-electron chi connectivity index (χ0n) is 18.8. The lowest BCUT2D eigenvalue weighted by atomic mass is 10.0. The molecule has 2 atom stereocenters. The molecule has 11 heteroatoms. The zero-order chi connectivity index (χ0) is 24.2. The first kappa shape index (κ1) is 25.1. The lowest BCUT2D eigenvalue weighted by Crippen LogP contribution is -2.35. The van der Waals surface area contributed by atoms with E-state index in [0.717, 1.165) is 12.0 Å². The van der Waals surface area contributed by atoms with Gasteiger partial charge in [0.25, 0.3) is 0 Å². The van der Waals surface area contributed by atoms with E-state index in [0.29, 0.717) is 35.4 Å². The Hall–Kier alpha value is -2.49. The lowest BCUT2D eigenvalue weighted by Gasteiger charge is -2.24. The van der Waals surface area contributed by atoms with E-state index in [2.05, 4.69) is 15.7 Å². The Morgan fingerprint density at radius 1 is 1.27 bits per heavy atom. The Bertz CT molecular complexity index is 991. The van der Waals surface area contributed by atoms with E-state index in [-0.39, 0.29) is 18.7 Å². The van der Waals surface area contributed by atoms with Crippen LogP contribution in [-0.4, -0.2) is 57.2 Å². The molecule has 33 heavy (non-hydrogen) atoms. The Morgan fingerprint density at radius 3 is 2.70 bits per heavy atom. The van der Waals surface area contributed by atoms with Gasteiger partial charge in [0.2, 0.25) is 0 Å². The van der Waals surface area contributed by atoms with Crippen LogP contribution in [0.5, 0.6) is 0 Å². The van der Waals surface area contributed by atoms with Crippen molar-refractivity contribution in [3.63, 3.8) is 0 Å². The molecule has 3 rings (SSSR count). The van der Waals surface area contributed by atoms with Crippen LogP contribution in [0.1, 0.15) is 51.3 Å². The molecule has 0 radical (unpaired) electrons. The van der Waals surface area contributed by atoms with Gasteiger partial charge < -0.3 is 20.1 Å². The van der Waals surface area contributed by atoms with Crippen molar-refractivity contribution in [1.82, 2.24) is 20.0 Å². The van der Waals surface area contributed by atoms with Crippen molar-refractivity contribution in [3.8, 4) is 0 Å². The minimum atomic E-state index is -0.545. The predicted octanol–water partition coefficient (Wildman–Crippen LogP) is 4.62. The second kappa shape index (κ2) is 10.6. The van der Waals surface area contributed by atoms with Gasteiger partial charge in [0.15, 0.2) is 5.82 Å². The molecule has 2 aromatic rings. The maximum atomic E-state index is 12.5. The number of nitrogens with one attached hydrogen (secondary N) is 2. The van der Waals surface area contributed by atoms with Gasteiger partial charge in [0.05, 0.1) is 22.1 Å². The molecular formula is C22H29Cl2N5O4. The number of aliphatic hydroxyl groups excluding tert-OH is 1. The highest BCUT2D eigenvalue weighted by Crippen LogP contribution is 2.27. The molecule has 180 valence electrons. The molecule has 2 heterocycles. The van der Waals surface area contributed by atoms with Crippen LogP contribution in [0.15, 0.2) is 30.5 Å². The quantitative estimate of drug-likeness (QED) is 0.539. The first-order valence-electron chi connectivity index (χ1n) is 10.7. The average Bonchev–Trinajstić information content (AvgIpc) is 3.38. The topological polar surface area (TPSA) is 109 Å². The molecule has 3 amide bonds. The molecule has 9 nitrogen and oxygen atoms in total. The number of halogens is 2. The van der Waals surface area contributed by atoms with Gasteiger partial charge in [-0.1, -0.05) is 29.3 Å². The summed E-state index contributed by atoms with van der Waals surface area (Å²) in [4.78, 5) is 26.5. The van der Waals surface area contributed by atoms with E-state index >= 15 is 0 Å². The highest BCUT2D eigenvalue weighted by molar-refractivity contribution is 6.42. The van der Waals surface area contributed by atoms with Crippen molar-refractivity contribution in [2.45, 2.75) is 51.3 Å². The maximum absolute atomic E-state index is 12.5. The summed E-state index contributed by atoms with van der Waals surface area (Å²) in [5.41, 5.74) is 0.184. The van der Waals surface area contributed by atoms with Crippen LogP contribution >= 0.6 is 23.2 Å². The number of carbonyl (C=O) groups is 2. The van der Waals surface area contributed by atoms with E-state index in [4.69, 9.17) is 27.9 Å². The van der Waals surface area contributed by atoms with Gasteiger partial charge >= 0.3 is 12.1 Å². The van der Waals surface area contributed by atoms with Gasteiger partial charge in [-0.2, -0.15) is 5.10 Å². The Labute approximate surface area is 203 Å². The van der Waals surface area contributed by atoms with Crippen molar-refractivity contribution in [3.05, 3.63) is 46.1 Å². The molecule has 0 spiro atoms. The second-order valence-electron chi connectivity index (χ2n) is 8.89. The number of amides is 3. The van der Waals surface area contributed by atoms with Crippen molar-refractivity contribution in [2.24, 2.45) is 0 Å². The van der Waals surface area contributed by atoms with E-state index in [1.807, 2.05) is 20.8 Å². The molecule has 1 aliphatic rings. The fourth-order valence-electron chi connectivity index (χ4n) is 3.55. The molecule has 2 unspecified atom stereocenters. The van der Waals surface area contributed by atoms with Crippen molar-refractivity contribution in [2.75, 3.05) is 25.0 Å². The van der Waals surface area contributed by atoms with Crippen LogP contribution in [-0.2, 0) is 4.74 Å². The van der Waals surface area contributed by atoms with Crippen LogP contribution in [0, 0.1) is 0 Å². The number of carbonyl (C=O) groups excluding carboxylic acids is 2. The SMILES string of the molecule is CC(C)(C)OC(=O)N1CCC(n2ccc(NC(=O)NC(CCO)c3ccc(Cl)c(Cl)c3)n2)C1. The number of aliphatic hydroxyl groups is 1. The fourth-order valence-corrected chi connectivity index (χ4v) is 3.86. The van der Waals surface area contributed by atoms with E-state index < -0.39 is 17.7 Å². The summed E-state index contributed by atoms with van der Waals surface area (Å²) in [6, 6.07) is 5.82. The van der Waals surface area contributed by atoms with Crippen LogP contribution in [0.4, 0.5) is 15.4 Å². The van der Waals surface area contributed by atoms with Gasteiger partial charge in [-0.15, -0.1) is 0 Å². The highest BCUT2D eigenvalue weighted by atomic mass is 35.5. The Morgan fingerprint density at radius 2 is 2.03 bits per heavy atom. The fraction of sp³-hybridized carbons (Fsp3) is 0.500. The Balaban J connectivity index is 1.57. The summed E-state index contributed by atoms with van der Waals surface area (Å²) in [5.74, 6) is 0.375. The molecule has 1 aliphatic heterocycles. The number of anilines is 1. The van der Waals surface area contributed by atoms with E-state index in [1.165, 1.54) is 0 Å².